The summed E-state index contributed by atoms with van der Waals surface area (Å²) >= 11 is 0. The Labute approximate surface area is 93.9 Å². The van der Waals surface area contributed by atoms with Crippen LogP contribution in [-0.4, -0.2) is 23.7 Å². The molecule has 0 amide bonds. The van der Waals surface area contributed by atoms with Crippen LogP contribution in [0.1, 0.15) is 17.5 Å². The van der Waals surface area contributed by atoms with Crippen molar-refractivity contribution in [3.05, 3.63) is 35.4 Å². The highest BCUT2D eigenvalue weighted by atomic mass is 16.5. The molecule has 16 heavy (non-hydrogen) atoms. The van der Waals surface area contributed by atoms with E-state index in [9.17, 15) is 9.59 Å². The topological polar surface area (TPSA) is 63.6 Å². The zero-order valence-corrected chi connectivity index (χ0v) is 9.10. The zero-order chi connectivity index (χ0) is 12.0. The summed E-state index contributed by atoms with van der Waals surface area (Å²) in [5, 5.41) is 8.34. The van der Waals surface area contributed by atoms with E-state index in [-0.39, 0.29) is 6.61 Å². The standard InChI is InChI=1S/C12H14O4/c1-9-4-2-3-5-10(9)6-7-16-12(15)8-11(13)14/h2-5H,6-8H2,1H3,(H,13,14). The molecule has 0 heterocycles. The van der Waals surface area contributed by atoms with Crippen LogP contribution in [0.25, 0.3) is 0 Å². The molecule has 0 bridgehead atoms. The Kier molecular flexibility index (Phi) is 4.51. The van der Waals surface area contributed by atoms with Gasteiger partial charge in [-0.05, 0) is 18.1 Å². The normalized spacial score (nSPS) is 9.81. The monoisotopic (exact) mass is 222 g/mol. The Bertz CT molecular complexity index is 384. The van der Waals surface area contributed by atoms with E-state index in [2.05, 4.69) is 0 Å². The summed E-state index contributed by atoms with van der Waals surface area (Å²) < 4.78 is 4.79. The van der Waals surface area contributed by atoms with E-state index in [1.54, 1.807) is 0 Å². The van der Waals surface area contributed by atoms with Crippen LogP contribution in [0.3, 0.4) is 0 Å². The van der Waals surface area contributed by atoms with E-state index in [0.717, 1.165) is 11.1 Å². The van der Waals surface area contributed by atoms with E-state index in [1.807, 2.05) is 31.2 Å². The first-order valence-electron chi connectivity index (χ1n) is 5.01. The van der Waals surface area contributed by atoms with E-state index < -0.39 is 18.4 Å². The largest absolute Gasteiger partial charge is 0.481 e. The molecule has 0 saturated carbocycles. The minimum absolute atomic E-state index is 0.219. The van der Waals surface area contributed by atoms with Crippen molar-refractivity contribution in [3.63, 3.8) is 0 Å². The number of carboxylic acids is 1. The molecule has 4 heteroatoms. The highest BCUT2D eigenvalue weighted by Crippen LogP contribution is 2.07. The molecule has 0 atom stereocenters. The van der Waals surface area contributed by atoms with Gasteiger partial charge in [0, 0.05) is 6.42 Å². The lowest BCUT2D eigenvalue weighted by atomic mass is 10.1. The molecule has 1 aromatic carbocycles. The molecule has 86 valence electrons. The number of hydrogen-bond acceptors (Lipinski definition) is 3. The van der Waals surface area contributed by atoms with Crippen LogP contribution in [0.4, 0.5) is 0 Å². The molecule has 1 rings (SSSR count). The van der Waals surface area contributed by atoms with Crippen LogP contribution >= 0.6 is 0 Å². The van der Waals surface area contributed by atoms with Gasteiger partial charge in [0.2, 0.25) is 0 Å². The maximum absolute atomic E-state index is 10.9. The molecule has 1 aromatic rings. The number of esters is 1. The number of aliphatic carboxylic acids is 1. The lowest BCUT2D eigenvalue weighted by Crippen LogP contribution is -2.12. The smallest absolute Gasteiger partial charge is 0.317 e. The number of rotatable bonds is 5. The van der Waals surface area contributed by atoms with Crippen molar-refractivity contribution >= 4 is 11.9 Å². The second-order valence-corrected chi connectivity index (χ2v) is 3.47. The Morgan fingerprint density at radius 3 is 2.62 bits per heavy atom. The Morgan fingerprint density at radius 2 is 2.00 bits per heavy atom. The summed E-state index contributed by atoms with van der Waals surface area (Å²) in [4.78, 5) is 21.1. The number of hydrogen-bond donors (Lipinski definition) is 1. The molecule has 0 unspecified atom stereocenters. The zero-order valence-electron chi connectivity index (χ0n) is 9.10. The van der Waals surface area contributed by atoms with Crippen molar-refractivity contribution in [2.24, 2.45) is 0 Å². The van der Waals surface area contributed by atoms with Crippen molar-refractivity contribution in [1.29, 1.82) is 0 Å². The van der Waals surface area contributed by atoms with Gasteiger partial charge in [-0.1, -0.05) is 24.3 Å². The molecule has 0 fully saturated rings. The quantitative estimate of drug-likeness (QED) is 0.606. The number of carbonyl (C=O) groups is 2. The molecule has 0 aliphatic carbocycles. The van der Waals surface area contributed by atoms with Gasteiger partial charge in [-0.3, -0.25) is 9.59 Å². The van der Waals surface area contributed by atoms with Crippen molar-refractivity contribution in [2.45, 2.75) is 19.8 Å². The number of benzene rings is 1. The number of aryl methyl sites for hydroxylation is 1. The molecule has 0 aromatic heterocycles. The molecule has 1 N–H and O–H groups in total. The third-order valence-electron chi connectivity index (χ3n) is 2.19. The minimum atomic E-state index is -1.17. The van der Waals surface area contributed by atoms with Crippen molar-refractivity contribution in [3.8, 4) is 0 Å². The third-order valence-corrected chi connectivity index (χ3v) is 2.19. The summed E-state index contributed by atoms with van der Waals surface area (Å²) in [6, 6.07) is 7.80. The van der Waals surface area contributed by atoms with Crippen LogP contribution in [0.15, 0.2) is 24.3 Å². The average Bonchev–Trinajstić information content (AvgIpc) is 2.19. The van der Waals surface area contributed by atoms with Gasteiger partial charge in [0.15, 0.2) is 0 Å². The molecular weight excluding hydrogens is 208 g/mol. The molecule has 0 spiro atoms. The fourth-order valence-corrected chi connectivity index (χ4v) is 1.34. The first kappa shape index (κ1) is 12.2. The second-order valence-electron chi connectivity index (χ2n) is 3.47. The molecule has 0 saturated heterocycles. The predicted octanol–water partition coefficient (Wildman–Crippen LogP) is 1.56. The molecule has 0 aliphatic rings. The number of ether oxygens (including phenoxy) is 1. The summed E-state index contributed by atoms with van der Waals surface area (Å²) in [5.41, 5.74) is 2.24. The predicted molar refractivity (Wildman–Crippen MR) is 58.1 cm³/mol. The Hall–Kier alpha value is -1.84. The van der Waals surface area contributed by atoms with E-state index >= 15 is 0 Å². The Balaban J connectivity index is 2.33. The lowest BCUT2D eigenvalue weighted by Gasteiger charge is -2.05. The summed E-state index contributed by atoms with van der Waals surface area (Å²) in [6.07, 6.45) is 0.0335. The van der Waals surface area contributed by atoms with Crippen LogP contribution in [0, 0.1) is 6.92 Å². The number of carboxylic acid groups (broad SMARTS) is 1. The fourth-order valence-electron chi connectivity index (χ4n) is 1.34. The highest BCUT2D eigenvalue weighted by molar-refractivity contribution is 5.90. The van der Waals surface area contributed by atoms with Crippen molar-refractivity contribution < 1.29 is 19.4 Å². The Morgan fingerprint density at radius 1 is 1.31 bits per heavy atom. The van der Waals surface area contributed by atoms with Gasteiger partial charge in [0.05, 0.1) is 6.61 Å². The molecule has 4 nitrogen and oxygen atoms in total. The van der Waals surface area contributed by atoms with Gasteiger partial charge in [-0.2, -0.15) is 0 Å². The molecular formula is C12H14O4. The number of carbonyl (C=O) groups excluding carboxylic acids is 1. The van der Waals surface area contributed by atoms with Crippen molar-refractivity contribution in [1.82, 2.24) is 0 Å². The van der Waals surface area contributed by atoms with Crippen LogP contribution < -0.4 is 0 Å². The van der Waals surface area contributed by atoms with Gasteiger partial charge in [0.1, 0.15) is 6.42 Å². The maximum atomic E-state index is 10.9. The lowest BCUT2D eigenvalue weighted by molar-refractivity contribution is -0.151. The van der Waals surface area contributed by atoms with E-state index in [4.69, 9.17) is 9.84 Å². The highest BCUT2D eigenvalue weighted by Gasteiger charge is 2.08. The summed E-state index contributed by atoms with van der Waals surface area (Å²) in [5.74, 6) is -1.86. The second kappa shape index (κ2) is 5.90. The first-order chi connectivity index (χ1) is 7.59. The van der Waals surface area contributed by atoms with Crippen LogP contribution in [0.5, 0.6) is 0 Å². The molecule has 0 aliphatic heterocycles. The van der Waals surface area contributed by atoms with Gasteiger partial charge in [0.25, 0.3) is 0 Å². The van der Waals surface area contributed by atoms with E-state index in [0.29, 0.717) is 6.42 Å². The van der Waals surface area contributed by atoms with Gasteiger partial charge in [-0.15, -0.1) is 0 Å². The van der Waals surface area contributed by atoms with Crippen LogP contribution in [0.2, 0.25) is 0 Å². The van der Waals surface area contributed by atoms with Crippen LogP contribution in [-0.2, 0) is 20.7 Å². The van der Waals surface area contributed by atoms with Crippen molar-refractivity contribution in [2.75, 3.05) is 6.61 Å². The fraction of sp³-hybridized carbons (Fsp3) is 0.333. The summed E-state index contributed by atoms with van der Waals surface area (Å²) in [7, 11) is 0. The summed E-state index contributed by atoms with van der Waals surface area (Å²) in [6.45, 7) is 2.20. The first-order valence-corrected chi connectivity index (χ1v) is 5.01. The van der Waals surface area contributed by atoms with E-state index in [1.165, 1.54) is 0 Å². The molecule has 0 radical (unpaired) electrons. The third kappa shape index (κ3) is 4.13. The van der Waals surface area contributed by atoms with Gasteiger partial charge >= 0.3 is 11.9 Å². The van der Waals surface area contributed by atoms with Gasteiger partial charge in [-0.25, -0.2) is 0 Å². The SMILES string of the molecule is Cc1ccccc1CCOC(=O)CC(=O)O. The average molecular weight is 222 g/mol. The maximum Gasteiger partial charge on any atom is 0.317 e. The minimum Gasteiger partial charge on any atom is -0.481 e. The van der Waals surface area contributed by atoms with Gasteiger partial charge < -0.3 is 9.84 Å².